The molecule has 2 heterocycles. The number of nitriles is 1. The van der Waals surface area contributed by atoms with Crippen LogP contribution in [0.1, 0.15) is 29.8 Å². The van der Waals surface area contributed by atoms with Crippen LogP contribution >= 0.6 is 0 Å². The van der Waals surface area contributed by atoms with Crippen LogP contribution in [0.2, 0.25) is 0 Å². The molecule has 1 amide bonds. The molecular formula is C20H21N3O4. The summed E-state index contributed by atoms with van der Waals surface area (Å²) in [5.74, 6) is 1.57. The predicted molar refractivity (Wildman–Crippen MR) is 98.1 cm³/mol. The SMILES string of the molecule is CCOc1ccc(C(=O)N2CC(Oc3ccc(C#N)cn3)C2)cc1OCC. The smallest absolute Gasteiger partial charge is 0.254 e. The Kier molecular flexibility index (Phi) is 5.77. The van der Waals surface area contributed by atoms with E-state index in [0.717, 1.165) is 0 Å². The second-order valence-electron chi connectivity index (χ2n) is 5.97. The lowest BCUT2D eigenvalue weighted by atomic mass is 10.1. The van der Waals surface area contributed by atoms with E-state index in [1.807, 2.05) is 19.9 Å². The van der Waals surface area contributed by atoms with Gasteiger partial charge in [-0.2, -0.15) is 5.26 Å². The molecular weight excluding hydrogens is 346 g/mol. The van der Waals surface area contributed by atoms with Crippen LogP contribution in [0.5, 0.6) is 17.4 Å². The molecule has 7 nitrogen and oxygen atoms in total. The summed E-state index contributed by atoms with van der Waals surface area (Å²) >= 11 is 0. The largest absolute Gasteiger partial charge is 0.490 e. The molecule has 0 bridgehead atoms. The molecule has 1 aromatic carbocycles. The van der Waals surface area contributed by atoms with Gasteiger partial charge in [-0.25, -0.2) is 4.98 Å². The van der Waals surface area contributed by atoms with Crippen molar-refractivity contribution in [3.8, 4) is 23.4 Å². The molecule has 2 aromatic rings. The second-order valence-corrected chi connectivity index (χ2v) is 5.97. The van der Waals surface area contributed by atoms with E-state index in [1.165, 1.54) is 6.20 Å². The first-order valence-electron chi connectivity index (χ1n) is 8.86. The average Bonchev–Trinajstić information content (AvgIpc) is 2.66. The van der Waals surface area contributed by atoms with Crippen LogP contribution in [-0.4, -0.2) is 48.2 Å². The lowest BCUT2D eigenvalue weighted by molar-refractivity contribution is 0.0160. The highest BCUT2D eigenvalue weighted by molar-refractivity contribution is 5.95. The molecule has 0 spiro atoms. The van der Waals surface area contributed by atoms with Gasteiger partial charge in [-0.3, -0.25) is 4.79 Å². The fourth-order valence-electron chi connectivity index (χ4n) is 2.73. The fourth-order valence-corrected chi connectivity index (χ4v) is 2.73. The Morgan fingerprint density at radius 3 is 2.56 bits per heavy atom. The number of likely N-dealkylation sites (tertiary alicyclic amines) is 1. The van der Waals surface area contributed by atoms with Gasteiger partial charge in [-0.15, -0.1) is 0 Å². The van der Waals surface area contributed by atoms with Crippen LogP contribution in [0.4, 0.5) is 0 Å². The van der Waals surface area contributed by atoms with Gasteiger partial charge in [-0.05, 0) is 38.1 Å². The van der Waals surface area contributed by atoms with Crippen LogP contribution in [0.3, 0.4) is 0 Å². The van der Waals surface area contributed by atoms with Crippen molar-refractivity contribution >= 4 is 5.91 Å². The highest BCUT2D eigenvalue weighted by Crippen LogP contribution is 2.30. The number of aromatic nitrogens is 1. The highest BCUT2D eigenvalue weighted by atomic mass is 16.5. The average molecular weight is 367 g/mol. The number of pyridine rings is 1. The Balaban J connectivity index is 1.59. The van der Waals surface area contributed by atoms with Crippen LogP contribution < -0.4 is 14.2 Å². The van der Waals surface area contributed by atoms with Crippen molar-refractivity contribution in [2.24, 2.45) is 0 Å². The molecule has 0 unspecified atom stereocenters. The number of hydrogen-bond donors (Lipinski definition) is 0. The van der Waals surface area contributed by atoms with E-state index in [-0.39, 0.29) is 12.0 Å². The minimum atomic E-state index is -0.108. The topological polar surface area (TPSA) is 84.7 Å². The van der Waals surface area contributed by atoms with E-state index < -0.39 is 0 Å². The normalized spacial score (nSPS) is 13.4. The van der Waals surface area contributed by atoms with Gasteiger partial charge in [0.1, 0.15) is 12.2 Å². The zero-order valence-corrected chi connectivity index (χ0v) is 15.3. The summed E-state index contributed by atoms with van der Waals surface area (Å²) in [4.78, 5) is 18.4. The Morgan fingerprint density at radius 2 is 1.93 bits per heavy atom. The number of amides is 1. The number of hydrogen-bond acceptors (Lipinski definition) is 6. The predicted octanol–water partition coefficient (Wildman–Crippen LogP) is 2.65. The quantitative estimate of drug-likeness (QED) is 0.748. The Morgan fingerprint density at radius 1 is 1.19 bits per heavy atom. The Bertz CT molecular complexity index is 839. The summed E-state index contributed by atoms with van der Waals surface area (Å²) in [7, 11) is 0. The molecule has 0 radical (unpaired) electrons. The Labute approximate surface area is 158 Å². The maximum absolute atomic E-state index is 12.7. The van der Waals surface area contributed by atoms with E-state index in [2.05, 4.69) is 4.98 Å². The first-order valence-corrected chi connectivity index (χ1v) is 8.86. The maximum atomic E-state index is 12.7. The molecule has 1 aliphatic rings. The third-order valence-electron chi connectivity index (χ3n) is 4.08. The van der Waals surface area contributed by atoms with Gasteiger partial charge in [-0.1, -0.05) is 0 Å². The molecule has 1 saturated heterocycles. The number of benzene rings is 1. The van der Waals surface area contributed by atoms with E-state index in [9.17, 15) is 4.79 Å². The molecule has 3 rings (SSSR count). The lowest BCUT2D eigenvalue weighted by Crippen LogP contribution is -2.56. The molecule has 1 aromatic heterocycles. The minimum Gasteiger partial charge on any atom is -0.490 e. The van der Waals surface area contributed by atoms with Gasteiger partial charge in [0.05, 0.1) is 31.9 Å². The van der Waals surface area contributed by atoms with Crippen molar-refractivity contribution in [2.45, 2.75) is 20.0 Å². The van der Waals surface area contributed by atoms with E-state index in [4.69, 9.17) is 19.5 Å². The van der Waals surface area contributed by atoms with Crippen molar-refractivity contribution in [3.05, 3.63) is 47.7 Å². The second kappa shape index (κ2) is 8.41. The summed E-state index contributed by atoms with van der Waals surface area (Å²) in [6.07, 6.45) is 1.36. The number of nitrogens with zero attached hydrogens (tertiary/aromatic N) is 3. The minimum absolute atomic E-state index is 0.0772. The molecule has 27 heavy (non-hydrogen) atoms. The molecule has 7 heteroatoms. The van der Waals surface area contributed by atoms with Crippen LogP contribution in [0, 0.1) is 11.3 Å². The van der Waals surface area contributed by atoms with Gasteiger partial charge < -0.3 is 19.1 Å². The van der Waals surface area contributed by atoms with E-state index in [1.54, 1.807) is 35.2 Å². The van der Waals surface area contributed by atoms with Crippen molar-refractivity contribution in [1.82, 2.24) is 9.88 Å². The van der Waals surface area contributed by atoms with Crippen LogP contribution in [0.25, 0.3) is 0 Å². The van der Waals surface area contributed by atoms with E-state index in [0.29, 0.717) is 54.8 Å². The molecule has 1 fully saturated rings. The first kappa shape index (κ1) is 18.5. The number of carbonyl (C=O) groups excluding carboxylic acids is 1. The number of carbonyl (C=O) groups is 1. The molecule has 0 aliphatic carbocycles. The monoisotopic (exact) mass is 367 g/mol. The zero-order valence-electron chi connectivity index (χ0n) is 15.3. The molecule has 140 valence electrons. The lowest BCUT2D eigenvalue weighted by Gasteiger charge is -2.38. The number of rotatable bonds is 7. The summed E-state index contributed by atoms with van der Waals surface area (Å²) in [6, 6.07) is 10.5. The zero-order chi connectivity index (χ0) is 19.2. The van der Waals surface area contributed by atoms with Crippen LogP contribution in [0.15, 0.2) is 36.5 Å². The Hall–Kier alpha value is -3.27. The molecule has 0 N–H and O–H groups in total. The van der Waals surface area contributed by atoms with Crippen molar-refractivity contribution < 1.29 is 19.0 Å². The van der Waals surface area contributed by atoms with Crippen LogP contribution in [-0.2, 0) is 0 Å². The standard InChI is InChI=1S/C20H21N3O4/c1-3-25-17-7-6-15(9-18(17)26-4-2)20(24)23-12-16(13-23)27-19-8-5-14(10-21)11-22-19/h5-9,11,16H,3-4,12-13H2,1-2H3. The van der Waals surface area contributed by atoms with Gasteiger partial charge in [0, 0.05) is 17.8 Å². The number of ether oxygens (including phenoxy) is 3. The van der Waals surface area contributed by atoms with Gasteiger partial charge in [0.15, 0.2) is 11.5 Å². The maximum Gasteiger partial charge on any atom is 0.254 e. The van der Waals surface area contributed by atoms with Crippen molar-refractivity contribution in [2.75, 3.05) is 26.3 Å². The van der Waals surface area contributed by atoms with Gasteiger partial charge in [0.2, 0.25) is 5.88 Å². The summed E-state index contributed by atoms with van der Waals surface area (Å²) < 4.78 is 16.8. The molecule has 1 aliphatic heterocycles. The first-order chi connectivity index (χ1) is 13.1. The third kappa shape index (κ3) is 4.29. The molecule has 0 atom stereocenters. The van der Waals surface area contributed by atoms with Gasteiger partial charge in [0.25, 0.3) is 5.91 Å². The molecule has 0 saturated carbocycles. The van der Waals surface area contributed by atoms with Gasteiger partial charge >= 0.3 is 0 Å². The van der Waals surface area contributed by atoms with Crippen molar-refractivity contribution in [1.29, 1.82) is 5.26 Å². The summed E-state index contributed by atoms with van der Waals surface area (Å²) in [6.45, 7) is 5.78. The summed E-state index contributed by atoms with van der Waals surface area (Å²) in [5.41, 5.74) is 1.03. The summed E-state index contributed by atoms with van der Waals surface area (Å²) in [5, 5.41) is 8.78. The third-order valence-corrected chi connectivity index (χ3v) is 4.08. The highest BCUT2D eigenvalue weighted by Gasteiger charge is 2.33. The van der Waals surface area contributed by atoms with E-state index >= 15 is 0 Å². The van der Waals surface area contributed by atoms with Crippen molar-refractivity contribution in [3.63, 3.8) is 0 Å². The fraction of sp³-hybridized carbons (Fsp3) is 0.350.